The van der Waals surface area contributed by atoms with Gasteiger partial charge >= 0.3 is 0 Å². The molecule has 0 radical (unpaired) electrons. The van der Waals surface area contributed by atoms with Gasteiger partial charge in [-0.15, -0.1) is 0 Å². The number of halogens is 2. The molecule has 2 nitrogen and oxygen atoms in total. The summed E-state index contributed by atoms with van der Waals surface area (Å²) in [5.41, 5.74) is 0.268. The molecule has 0 aliphatic heterocycles. The first-order chi connectivity index (χ1) is 6.86. The van der Waals surface area contributed by atoms with Crippen LogP contribution in [0.15, 0.2) is 18.2 Å². The molecule has 82 valence electrons. The Morgan fingerprint density at radius 1 is 1.20 bits per heavy atom. The Morgan fingerprint density at radius 2 is 1.80 bits per heavy atom. The molecule has 0 heterocycles. The van der Waals surface area contributed by atoms with Gasteiger partial charge in [-0.1, -0.05) is 20.8 Å². The average Bonchev–Trinajstić information content (AvgIpc) is 2.10. The second-order valence-corrected chi connectivity index (χ2v) is 4.36. The van der Waals surface area contributed by atoms with Gasteiger partial charge in [0.25, 0.3) is 0 Å². The van der Waals surface area contributed by atoms with Gasteiger partial charge in [0.15, 0.2) is 17.3 Å². The predicted octanol–water partition coefficient (Wildman–Crippen LogP) is 1.38. The van der Waals surface area contributed by atoms with Crippen LogP contribution in [0.25, 0.3) is 0 Å². The highest BCUT2D eigenvalue weighted by atomic mass is 19.2. The van der Waals surface area contributed by atoms with E-state index in [4.69, 9.17) is 0 Å². The topological polar surface area (TPSA) is 37.0 Å². The zero-order chi connectivity index (χ0) is 11.6. The molecular formula is C11H13F2NO. The summed E-state index contributed by atoms with van der Waals surface area (Å²) in [6.45, 7) is 5.44. The third-order valence-corrected chi connectivity index (χ3v) is 2.06. The highest BCUT2D eigenvalue weighted by molar-refractivity contribution is 5.99. The molecule has 0 fully saturated rings. The minimum absolute atomic E-state index is 0.335. The summed E-state index contributed by atoms with van der Waals surface area (Å²) in [6, 6.07) is 3.40. The van der Waals surface area contributed by atoms with Gasteiger partial charge in [0.2, 0.25) is 0 Å². The van der Waals surface area contributed by atoms with Crippen LogP contribution in [0.4, 0.5) is 8.78 Å². The third kappa shape index (κ3) is 2.52. The van der Waals surface area contributed by atoms with Crippen LogP contribution >= 0.6 is 0 Å². The summed E-state index contributed by atoms with van der Waals surface area (Å²) in [5.74, 6) is -1.87. The van der Waals surface area contributed by atoms with Gasteiger partial charge in [-0.2, -0.15) is 0 Å². The van der Waals surface area contributed by atoms with Crippen molar-refractivity contribution in [3.05, 3.63) is 40.6 Å². The first-order valence-corrected chi connectivity index (χ1v) is 4.57. The molecule has 0 amide bonds. The van der Waals surface area contributed by atoms with E-state index in [-0.39, 0.29) is 0 Å². The van der Waals surface area contributed by atoms with Crippen molar-refractivity contribution in [2.45, 2.75) is 20.8 Å². The lowest BCUT2D eigenvalue weighted by Crippen LogP contribution is -2.69. The van der Waals surface area contributed by atoms with Crippen LogP contribution in [-0.4, -0.2) is 5.71 Å². The van der Waals surface area contributed by atoms with E-state index >= 15 is 0 Å². The molecular weight excluding hydrogens is 200 g/mol. The zero-order valence-electron chi connectivity index (χ0n) is 8.90. The Bertz CT molecular complexity index is 394. The summed E-state index contributed by atoms with van der Waals surface area (Å²) in [4.78, 5) is 0. The molecule has 1 aromatic rings. The van der Waals surface area contributed by atoms with Crippen molar-refractivity contribution in [1.82, 2.24) is 0 Å². The molecule has 0 atom stereocenters. The number of hydrogen-bond donors (Lipinski definition) is 1. The van der Waals surface area contributed by atoms with Crippen LogP contribution in [0.1, 0.15) is 26.3 Å². The van der Waals surface area contributed by atoms with E-state index in [1.165, 1.54) is 6.07 Å². The third-order valence-electron chi connectivity index (χ3n) is 2.06. The molecule has 15 heavy (non-hydrogen) atoms. The molecule has 1 aromatic carbocycles. The molecule has 0 aliphatic carbocycles. The van der Waals surface area contributed by atoms with Gasteiger partial charge in [-0.3, -0.25) is 0 Å². The van der Waals surface area contributed by atoms with Crippen molar-refractivity contribution in [3.8, 4) is 0 Å². The maximum Gasteiger partial charge on any atom is 0.197 e. The first kappa shape index (κ1) is 11.6. The monoisotopic (exact) mass is 213 g/mol. The standard InChI is InChI=1S/C11H13F2NO/c1-11(2,3)10(14-15)7-4-5-8(12)9(13)6-7/h4-6,14H,1-3H3. The Hall–Kier alpha value is -1.45. The SMILES string of the molecule is CC(C)(C)C(=[NH+][O-])c1ccc(F)c(F)c1. The van der Waals surface area contributed by atoms with Gasteiger partial charge in [-0.25, -0.2) is 13.9 Å². The fourth-order valence-corrected chi connectivity index (χ4v) is 1.30. The van der Waals surface area contributed by atoms with Crippen molar-refractivity contribution in [2.75, 3.05) is 0 Å². The minimum atomic E-state index is -0.954. The first-order valence-electron chi connectivity index (χ1n) is 4.57. The normalized spacial score (nSPS) is 13.0. The summed E-state index contributed by atoms with van der Waals surface area (Å²) in [7, 11) is 0. The van der Waals surface area contributed by atoms with Crippen LogP contribution in [0.5, 0.6) is 0 Å². The van der Waals surface area contributed by atoms with E-state index in [1.54, 1.807) is 5.16 Å². The molecule has 0 saturated carbocycles. The van der Waals surface area contributed by atoms with Crippen molar-refractivity contribution in [2.24, 2.45) is 5.41 Å². The highest BCUT2D eigenvalue weighted by Gasteiger charge is 2.26. The number of nitrogens with one attached hydrogen (secondary N) is 1. The summed E-state index contributed by atoms with van der Waals surface area (Å²) in [5, 5.41) is 12.6. The number of rotatable bonds is 1. The van der Waals surface area contributed by atoms with Crippen molar-refractivity contribution in [1.29, 1.82) is 0 Å². The van der Waals surface area contributed by atoms with Crippen molar-refractivity contribution >= 4 is 5.71 Å². The Balaban J connectivity index is 3.21. The van der Waals surface area contributed by atoms with Crippen LogP contribution in [0, 0.1) is 22.3 Å². The minimum Gasteiger partial charge on any atom is -0.625 e. The molecule has 0 saturated heterocycles. The van der Waals surface area contributed by atoms with Gasteiger partial charge in [0.1, 0.15) is 0 Å². The van der Waals surface area contributed by atoms with Crippen molar-refractivity contribution < 1.29 is 13.9 Å². The second kappa shape index (κ2) is 3.96. The lowest BCUT2D eigenvalue weighted by atomic mass is 9.85. The number of benzene rings is 1. The number of hydrogen-bond acceptors (Lipinski definition) is 1. The molecule has 0 bridgehead atoms. The molecule has 0 spiro atoms. The lowest BCUT2D eigenvalue weighted by molar-refractivity contribution is -0.377. The Morgan fingerprint density at radius 3 is 2.20 bits per heavy atom. The van der Waals surface area contributed by atoms with E-state index in [9.17, 15) is 14.0 Å². The van der Waals surface area contributed by atoms with Crippen LogP contribution in [0.2, 0.25) is 0 Å². The molecule has 0 aliphatic rings. The average molecular weight is 213 g/mol. The van der Waals surface area contributed by atoms with Gasteiger partial charge in [0, 0.05) is 11.0 Å². The largest absolute Gasteiger partial charge is 0.625 e. The molecule has 0 unspecified atom stereocenters. The van der Waals surface area contributed by atoms with Crippen LogP contribution < -0.4 is 5.16 Å². The summed E-state index contributed by atoms with van der Waals surface area (Å²) in [6.07, 6.45) is 0. The fourth-order valence-electron chi connectivity index (χ4n) is 1.30. The van der Waals surface area contributed by atoms with Gasteiger partial charge in [-0.05, 0) is 18.2 Å². The van der Waals surface area contributed by atoms with E-state index in [0.717, 1.165) is 12.1 Å². The quantitative estimate of drug-likeness (QED) is 0.427. The van der Waals surface area contributed by atoms with E-state index < -0.39 is 17.0 Å². The van der Waals surface area contributed by atoms with Crippen LogP contribution in [0.3, 0.4) is 0 Å². The molecule has 1 rings (SSSR count). The zero-order valence-corrected chi connectivity index (χ0v) is 8.90. The summed E-state index contributed by atoms with van der Waals surface area (Å²) >= 11 is 0. The Kier molecular flexibility index (Phi) is 3.07. The van der Waals surface area contributed by atoms with E-state index in [2.05, 4.69) is 0 Å². The maximum absolute atomic E-state index is 12.9. The Labute approximate surface area is 87.2 Å². The lowest BCUT2D eigenvalue weighted by Gasteiger charge is -2.17. The second-order valence-electron chi connectivity index (χ2n) is 4.36. The summed E-state index contributed by atoms with van der Waals surface area (Å²) < 4.78 is 25.6. The predicted molar refractivity (Wildman–Crippen MR) is 54.3 cm³/mol. The van der Waals surface area contributed by atoms with Crippen molar-refractivity contribution in [3.63, 3.8) is 0 Å². The molecule has 1 N–H and O–H groups in total. The van der Waals surface area contributed by atoms with Gasteiger partial charge < -0.3 is 5.21 Å². The molecule has 0 aromatic heterocycles. The molecule has 4 heteroatoms. The fraction of sp³-hybridized carbons (Fsp3) is 0.364. The van der Waals surface area contributed by atoms with E-state index in [0.29, 0.717) is 11.3 Å². The smallest absolute Gasteiger partial charge is 0.197 e. The maximum atomic E-state index is 12.9. The highest BCUT2D eigenvalue weighted by Crippen LogP contribution is 2.20. The van der Waals surface area contributed by atoms with E-state index in [1.807, 2.05) is 20.8 Å². The van der Waals surface area contributed by atoms with Gasteiger partial charge in [0.05, 0.1) is 0 Å². The van der Waals surface area contributed by atoms with Crippen LogP contribution in [-0.2, 0) is 0 Å².